The SMILES string of the molecule is Cc1cc2c(o1)CC(C)(C)C[C@@H]2NC(=O)[C@H](C)NC(=O)/C=C\c1ccccc1. The number of hydrogen-bond donors (Lipinski definition) is 2. The van der Waals surface area contributed by atoms with Crippen molar-refractivity contribution < 1.29 is 14.0 Å². The molecule has 2 atom stereocenters. The Kier molecular flexibility index (Phi) is 5.73. The fraction of sp³-hybridized carbons (Fsp3) is 0.391. The molecule has 0 saturated carbocycles. The number of carbonyl (C=O) groups excluding carboxylic acids is 2. The smallest absolute Gasteiger partial charge is 0.244 e. The minimum absolute atomic E-state index is 0.0418. The Hall–Kier alpha value is -2.82. The molecular weight excluding hydrogens is 352 g/mol. The van der Waals surface area contributed by atoms with Gasteiger partial charge in [-0.3, -0.25) is 9.59 Å². The Morgan fingerprint density at radius 2 is 1.96 bits per heavy atom. The fourth-order valence-corrected chi connectivity index (χ4v) is 3.67. The third-order valence-corrected chi connectivity index (χ3v) is 5.03. The summed E-state index contributed by atoms with van der Waals surface area (Å²) in [6.45, 7) is 7.96. The maximum Gasteiger partial charge on any atom is 0.244 e. The lowest BCUT2D eigenvalue weighted by Crippen LogP contribution is -2.46. The average molecular weight is 380 g/mol. The van der Waals surface area contributed by atoms with Gasteiger partial charge >= 0.3 is 0 Å². The second kappa shape index (κ2) is 8.05. The Morgan fingerprint density at radius 1 is 1.25 bits per heavy atom. The number of nitrogens with one attached hydrogen (secondary N) is 2. The van der Waals surface area contributed by atoms with E-state index in [-0.39, 0.29) is 23.3 Å². The molecule has 1 aromatic carbocycles. The van der Waals surface area contributed by atoms with Gasteiger partial charge in [-0.2, -0.15) is 0 Å². The van der Waals surface area contributed by atoms with Crippen molar-refractivity contribution in [3.05, 3.63) is 65.1 Å². The van der Waals surface area contributed by atoms with Crippen LogP contribution in [-0.2, 0) is 16.0 Å². The van der Waals surface area contributed by atoms with Gasteiger partial charge in [-0.25, -0.2) is 0 Å². The van der Waals surface area contributed by atoms with Crippen LogP contribution in [0.15, 0.2) is 46.9 Å². The molecule has 0 bridgehead atoms. The lowest BCUT2D eigenvalue weighted by atomic mass is 9.74. The predicted molar refractivity (Wildman–Crippen MR) is 110 cm³/mol. The van der Waals surface area contributed by atoms with Crippen LogP contribution >= 0.6 is 0 Å². The van der Waals surface area contributed by atoms with E-state index in [4.69, 9.17) is 4.42 Å². The zero-order chi connectivity index (χ0) is 20.3. The molecular formula is C23H28N2O3. The summed E-state index contributed by atoms with van der Waals surface area (Å²) in [5.74, 6) is 1.31. The summed E-state index contributed by atoms with van der Waals surface area (Å²) in [5.41, 5.74) is 2.02. The first-order valence-electron chi connectivity index (χ1n) is 9.67. The van der Waals surface area contributed by atoms with Crippen molar-refractivity contribution in [3.63, 3.8) is 0 Å². The molecule has 1 aliphatic carbocycles. The van der Waals surface area contributed by atoms with Gasteiger partial charge in [-0.05, 0) is 43.4 Å². The number of amides is 2. The van der Waals surface area contributed by atoms with Crippen molar-refractivity contribution in [2.75, 3.05) is 0 Å². The number of benzene rings is 1. The highest BCUT2D eigenvalue weighted by molar-refractivity contribution is 5.95. The molecule has 5 heteroatoms. The van der Waals surface area contributed by atoms with Gasteiger partial charge in [0.1, 0.15) is 17.6 Å². The van der Waals surface area contributed by atoms with Crippen molar-refractivity contribution >= 4 is 17.9 Å². The van der Waals surface area contributed by atoms with E-state index in [0.717, 1.165) is 35.5 Å². The van der Waals surface area contributed by atoms with E-state index in [2.05, 4.69) is 24.5 Å². The highest BCUT2D eigenvalue weighted by Crippen LogP contribution is 2.42. The van der Waals surface area contributed by atoms with E-state index in [1.54, 1.807) is 13.0 Å². The van der Waals surface area contributed by atoms with Gasteiger partial charge in [0.25, 0.3) is 0 Å². The van der Waals surface area contributed by atoms with Crippen molar-refractivity contribution in [1.29, 1.82) is 0 Å². The summed E-state index contributed by atoms with van der Waals surface area (Å²) in [4.78, 5) is 24.8. The quantitative estimate of drug-likeness (QED) is 0.772. The molecule has 0 spiro atoms. The van der Waals surface area contributed by atoms with Gasteiger partial charge in [-0.15, -0.1) is 0 Å². The maximum atomic E-state index is 12.7. The van der Waals surface area contributed by atoms with Gasteiger partial charge in [0.05, 0.1) is 6.04 Å². The van der Waals surface area contributed by atoms with Crippen molar-refractivity contribution in [2.24, 2.45) is 5.41 Å². The standard InChI is InChI=1S/C23H28N2O3/c1-15-12-18-19(13-23(3,4)14-20(18)28-15)25-22(27)16(2)24-21(26)11-10-17-8-6-5-7-9-17/h5-12,16,19H,13-14H2,1-4H3,(H,24,26)(H,25,27)/b11-10-/t16-,19-/m0/s1. The second-order valence-electron chi connectivity index (χ2n) is 8.32. The molecule has 0 aliphatic heterocycles. The Morgan fingerprint density at radius 3 is 2.68 bits per heavy atom. The third-order valence-electron chi connectivity index (χ3n) is 5.03. The van der Waals surface area contributed by atoms with Crippen LogP contribution in [0.5, 0.6) is 0 Å². The lowest BCUT2D eigenvalue weighted by Gasteiger charge is -2.35. The largest absolute Gasteiger partial charge is 0.466 e. The number of carbonyl (C=O) groups is 2. The maximum absolute atomic E-state index is 12.7. The molecule has 0 fully saturated rings. The van der Waals surface area contributed by atoms with E-state index in [9.17, 15) is 9.59 Å². The molecule has 2 aromatic rings. The fourth-order valence-electron chi connectivity index (χ4n) is 3.67. The van der Waals surface area contributed by atoms with Crippen molar-refractivity contribution in [1.82, 2.24) is 10.6 Å². The first-order valence-corrected chi connectivity index (χ1v) is 9.67. The number of aryl methyl sites for hydroxylation is 1. The van der Waals surface area contributed by atoms with Crippen LogP contribution in [0.1, 0.15) is 55.9 Å². The summed E-state index contributed by atoms with van der Waals surface area (Å²) < 4.78 is 5.82. The molecule has 2 amide bonds. The summed E-state index contributed by atoms with van der Waals surface area (Å²) in [5, 5.41) is 5.81. The summed E-state index contributed by atoms with van der Waals surface area (Å²) in [6, 6.07) is 10.8. The molecule has 0 radical (unpaired) electrons. The van der Waals surface area contributed by atoms with Crippen LogP contribution in [0.25, 0.3) is 6.08 Å². The molecule has 28 heavy (non-hydrogen) atoms. The zero-order valence-corrected chi connectivity index (χ0v) is 16.9. The Labute approximate surface area is 166 Å². The molecule has 2 N–H and O–H groups in total. The third kappa shape index (κ3) is 4.91. The van der Waals surface area contributed by atoms with E-state index < -0.39 is 6.04 Å². The normalized spacial score (nSPS) is 19.1. The van der Waals surface area contributed by atoms with E-state index in [0.29, 0.717) is 0 Å². The minimum atomic E-state index is -0.630. The first kappa shape index (κ1) is 19.9. The molecule has 5 nitrogen and oxygen atoms in total. The predicted octanol–water partition coefficient (Wildman–Crippen LogP) is 3.94. The molecule has 1 aromatic heterocycles. The van der Waals surface area contributed by atoms with E-state index in [1.807, 2.05) is 43.3 Å². The van der Waals surface area contributed by atoms with Crippen molar-refractivity contribution in [3.8, 4) is 0 Å². The molecule has 1 aliphatic rings. The number of hydrogen-bond acceptors (Lipinski definition) is 3. The van der Waals surface area contributed by atoms with Crippen LogP contribution in [0.2, 0.25) is 0 Å². The second-order valence-corrected chi connectivity index (χ2v) is 8.32. The topological polar surface area (TPSA) is 71.3 Å². The average Bonchev–Trinajstić information content (AvgIpc) is 2.99. The molecule has 0 saturated heterocycles. The van der Waals surface area contributed by atoms with Crippen LogP contribution in [0.4, 0.5) is 0 Å². The van der Waals surface area contributed by atoms with Crippen LogP contribution in [0, 0.1) is 12.3 Å². The monoisotopic (exact) mass is 380 g/mol. The van der Waals surface area contributed by atoms with Gasteiger partial charge in [0.2, 0.25) is 11.8 Å². The molecule has 3 rings (SSSR count). The lowest BCUT2D eigenvalue weighted by molar-refractivity contribution is -0.127. The van der Waals surface area contributed by atoms with Crippen molar-refractivity contribution in [2.45, 2.75) is 52.6 Å². The Bertz CT molecular complexity index is 881. The number of rotatable bonds is 5. The van der Waals surface area contributed by atoms with Gasteiger partial charge in [-0.1, -0.05) is 44.2 Å². The summed E-state index contributed by atoms with van der Waals surface area (Å²) in [6.07, 6.45) is 4.86. The van der Waals surface area contributed by atoms with Gasteiger partial charge < -0.3 is 15.1 Å². The summed E-state index contributed by atoms with van der Waals surface area (Å²) in [7, 11) is 0. The highest BCUT2D eigenvalue weighted by Gasteiger charge is 2.36. The van der Waals surface area contributed by atoms with Gasteiger partial charge in [0, 0.05) is 18.1 Å². The number of fused-ring (bicyclic) bond motifs is 1. The molecule has 148 valence electrons. The van der Waals surface area contributed by atoms with Crippen LogP contribution in [0.3, 0.4) is 0 Å². The summed E-state index contributed by atoms with van der Waals surface area (Å²) >= 11 is 0. The zero-order valence-electron chi connectivity index (χ0n) is 16.9. The highest BCUT2D eigenvalue weighted by atomic mass is 16.3. The molecule has 0 unspecified atom stereocenters. The van der Waals surface area contributed by atoms with Gasteiger partial charge in [0.15, 0.2) is 0 Å². The number of furan rings is 1. The van der Waals surface area contributed by atoms with Crippen LogP contribution < -0.4 is 10.6 Å². The van der Waals surface area contributed by atoms with E-state index in [1.165, 1.54) is 6.08 Å². The first-order chi connectivity index (χ1) is 13.2. The molecule has 1 heterocycles. The van der Waals surface area contributed by atoms with Crippen LogP contribution in [-0.4, -0.2) is 17.9 Å². The Balaban J connectivity index is 1.61. The van der Waals surface area contributed by atoms with E-state index >= 15 is 0 Å². The minimum Gasteiger partial charge on any atom is -0.466 e.